The summed E-state index contributed by atoms with van der Waals surface area (Å²) in [5.41, 5.74) is 1.83. The lowest BCUT2D eigenvalue weighted by Crippen LogP contribution is -2.61. The number of amides is 6. The van der Waals surface area contributed by atoms with E-state index in [1.54, 1.807) is 20.8 Å². The Balaban J connectivity index is 2.22. The summed E-state index contributed by atoms with van der Waals surface area (Å²) in [6.45, 7) is 5.23. The third-order valence-electron chi connectivity index (χ3n) is 3.68. The lowest BCUT2D eigenvalue weighted by atomic mass is 10.2. The highest BCUT2D eigenvalue weighted by molar-refractivity contribution is 5.94. The van der Waals surface area contributed by atoms with Crippen molar-refractivity contribution >= 4 is 24.1 Å². The molecule has 2 aliphatic rings. The molecule has 0 saturated carbocycles. The number of hydrogen-bond acceptors (Lipinski definition) is 5. The molecule has 2 atom stereocenters. The summed E-state index contributed by atoms with van der Waals surface area (Å²) in [4.78, 5) is 49.0. The van der Waals surface area contributed by atoms with Gasteiger partial charge in [0.1, 0.15) is 11.6 Å². The van der Waals surface area contributed by atoms with Crippen LogP contribution in [0.25, 0.3) is 0 Å². The van der Waals surface area contributed by atoms with E-state index in [0.717, 1.165) is 0 Å². The zero-order chi connectivity index (χ0) is 17.4. The molecular formula is C13H22N5O5+. The molecule has 2 fully saturated rings. The van der Waals surface area contributed by atoms with Crippen LogP contribution < -0.4 is 16.1 Å². The van der Waals surface area contributed by atoms with E-state index in [2.05, 4.69) is 16.1 Å². The molecule has 23 heavy (non-hydrogen) atoms. The molecule has 6 amide bonds. The molecule has 1 spiro atoms. The fraction of sp³-hybridized carbons (Fsp3) is 0.692. The van der Waals surface area contributed by atoms with Crippen LogP contribution in [0.5, 0.6) is 0 Å². The van der Waals surface area contributed by atoms with Gasteiger partial charge in [0.15, 0.2) is 6.67 Å². The van der Waals surface area contributed by atoms with Crippen molar-refractivity contribution in [3.8, 4) is 0 Å². The number of rotatable bonds is 2. The van der Waals surface area contributed by atoms with Gasteiger partial charge in [-0.2, -0.15) is 5.43 Å². The number of quaternary nitrogens is 1. The van der Waals surface area contributed by atoms with E-state index < -0.39 is 34.4 Å². The van der Waals surface area contributed by atoms with Crippen LogP contribution in [0.3, 0.4) is 0 Å². The van der Waals surface area contributed by atoms with Crippen LogP contribution in [0.15, 0.2) is 0 Å². The quantitative estimate of drug-likeness (QED) is 0.610. The smallest absolute Gasteiger partial charge is 0.444 e. The van der Waals surface area contributed by atoms with Crippen molar-refractivity contribution in [3.63, 3.8) is 0 Å². The van der Waals surface area contributed by atoms with Gasteiger partial charge in [0.25, 0.3) is 0 Å². The highest BCUT2D eigenvalue weighted by Gasteiger charge is 2.60. The van der Waals surface area contributed by atoms with Gasteiger partial charge in [-0.15, -0.1) is 4.59 Å². The number of urea groups is 2. The molecule has 0 aliphatic carbocycles. The van der Waals surface area contributed by atoms with Crippen molar-refractivity contribution in [1.29, 1.82) is 0 Å². The maximum Gasteiger partial charge on any atom is 0.451 e. The van der Waals surface area contributed by atoms with Crippen LogP contribution in [-0.4, -0.2) is 65.5 Å². The second-order valence-electron chi connectivity index (χ2n) is 6.62. The third kappa shape index (κ3) is 3.36. The first-order valence-corrected chi connectivity index (χ1v) is 7.27. The Hall–Kier alpha value is -2.36. The molecule has 0 aromatic heterocycles. The van der Waals surface area contributed by atoms with E-state index in [4.69, 9.17) is 4.74 Å². The van der Waals surface area contributed by atoms with Gasteiger partial charge in [0.2, 0.25) is 5.91 Å². The monoisotopic (exact) mass is 328 g/mol. The molecule has 2 saturated heterocycles. The normalized spacial score (nSPS) is 27.0. The minimum atomic E-state index is -0.683. The van der Waals surface area contributed by atoms with Crippen molar-refractivity contribution in [1.82, 2.24) is 21.0 Å². The average Bonchev–Trinajstić information content (AvgIpc) is 2.90. The molecule has 128 valence electrons. The predicted octanol–water partition coefficient (Wildman–Crippen LogP) is -0.136. The summed E-state index contributed by atoms with van der Waals surface area (Å²) < 4.78 is 4.79. The first-order valence-electron chi connectivity index (χ1n) is 7.27. The van der Waals surface area contributed by atoms with Gasteiger partial charge in [-0.3, -0.25) is 9.69 Å². The molecule has 0 radical (unpaired) electrons. The lowest BCUT2D eigenvalue weighted by Gasteiger charge is -2.28. The molecule has 0 aromatic rings. The van der Waals surface area contributed by atoms with Crippen molar-refractivity contribution in [3.05, 3.63) is 0 Å². The molecule has 10 nitrogen and oxygen atoms in total. The highest BCUT2D eigenvalue weighted by Crippen LogP contribution is 2.27. The van der Waals surface area contributed by atoms with Gasteiger partial charge < -0.3 is 10.1 Å². The number of carbonyl (C=O) groups is 4. The van der Waals surface area contributed by atoms with E-state index in [-0.39, 0.29) is 25.5 Å². The number of ether oxygens (including phenoxy) is 1. The third-order valence-corrected chi connectivity index (χ3v) is 3.68. The van der Waals surface area contributed by atoms with Crippen molar-refractivity contribution < 1.29 is 28.5 Å². The van der Waals surface area contributed by atoms with Crippen LogP contribution in [0, 0.1) is 0 Å². The Morgan fingerprint density at radius 2 is 2.04 bits per heavy atom. The number of imide groups is 1. The lowest BCUT2D eigenvalue weighted by molar-refractivity contribution is -0.893. The maximum atomic E-state index is 12.2. The van der Waals surface area contributed by atoms with E-state index in [1.807, 2.05) is 0 Å². The maximum absolute atomic E-state index is 12.2. The second-order valence-corrected chi connectivity index (χ2v) is 6.62. The topological polar surface area (TPSA) is 117 Å². The van der Waals surface area contributed by atoms with Crippen molar-refractivity contribution in [2.75, 3.05) is 20.3 Å². The van der Waals surface area contributed by atoms with E-state index in [9.17, 15) is 19.2 Å². The summed E-state index contributed by atoms with van der Waals surface area (Å²) >= 11 is 0. The first kappa shape index (κ1) is 17.0. The summed E-state index contributed by atoms with van der Waals surface area (Å²) in [5, 5.41) is 4.63. The van der Waals surface area contributed by atoms with E-state index in [0.29, 0.717) is 0 Å². The first-order chi connectivity index (χ1) is 10.6. The number of carbonyl (C=O) groups excluding carboxylic acids is 4. The largest absolute Gasteiger partial charge is 0.451 e. The molecule has 10 heteroatoms. The molecule has 2 rings (SSSR count). The van der Waals surface area contributed by atoms with Gasteiger partial charge in [0.05, 0.1) is 13.0 Å². The standard InChI is InChI=1S/C13H21N5O5/c1-13(2,3)23-12(22)17-6-8(5-9(19)14-4)18(7-17)11(21)15-10(20)16-18/h8H,5-7H2,1-4H3,(H2-,14,15,16,19,20,21)/p+1. The van der Waals surface area contributed by atoms with Crippen molar-refractivity contribution in [2.24, 2.45) is 0 Å². The summed E-state index contributed by atoms with van der Waals surface area (Å²) in [6.07, 6.45) is -0.605. The van der Waals surface area contributed by atoms with E-state index >= 15 is 0 Å². The molecular weight excluding hydrogens is 306 g/mol. The van der Waals surface area contributed by atoms with Crippen LogP contribution in [0.1, 0.15) is 27.2 Å². The van der Waals surface area contributed by atoms with Crippen molar-refractivity contribution in [2.45, 2.75) is 38.8 Å². The minimum Gasteiger partial charge on any atom is -0.444 e. The van der Waals surface area contributed by atoms with Crippen LogP contribution in [-0.2, 0) is 9.53 Å². The Morgan fingerprint density at radius 3 is 2.52 bits per heavy atom. The highest BCUT2D eigenvalue weighted by atomic mass is 16.6. The Bertz CT molecular complexity index is 557. The van der Waals surface area contributed by atoms with Gasteiger partial charge in [0, 0.05) is 7.05 Å². The zero-order valence-corrected chi connectivity index (χ0v) is 13.6. The number of nitrogens with zero attached hydrogens (tertiary/aromatic N) is 2. The fourth-order valence-electron chi connectivity index (χ4n) is 2.64. The Labute approximate surface area is 133 Å². The van der Waals surface area contributed by atoms with Crippen LogP contribution in [0.2, 0.25) is 0 Å². The minimum absolute atomic E-state index is 0.0104. The van der Waals surface area contributed by atoms with Crippen LogP contribution in [0.4, 0.5) is 14.4 Å². The van der Waals surface area contributed by atoms with Gasteiger partial charge in [-0.25, -0.2) is 19.7 Å². The van der Waals surface area contributed by atoms with Gasteiger partial charge >= 0.3 is 18.2 Å². The summed E-state index contributed by atoms with van der Waals surface area (Å²) in [6, 6.07) is -1.83. The molecule has 2 heterocycles. The number of nitrogens with one attached hydrogen (secondary N) is 3. The SMILES string of the molecule is CNC(=O)CC1CN(C(=O)OC(C)(C)C)C[N+]12NC(=O)NC2=O. The van der Waals surface area contributed by atoms with Crippen LogP contribution >= 0.6 is 0 Å². The molecule has 2 aliphatic heterocycles. The predicted molar refractivity (Wildman–Crippen MR) is 77.6 cm³/mol. The summed E-state index contributed by atoms with van der Waals surface area (Å²) in [7, 11) is 1.48. The van der Waals surface area contributed by atoms with Gasteiger partial charge in [-0.1, -0.05) is 0 Å². The van der Waals surface area contributed by atoms with Gasteiger partial charge in [-0.05, 0) is 20.8 Å². The average molecular weight is 328 g/mol. The summed E-state index contributed by atoms with van der Waals surface area (Å²) in [5.74, 6) is -0.285. The second kappa shape index (κ2) is 5.69. The molecule has 3 N–H and O–H groups in total. The fourth-order valence-corrected chi connectivity index (χ4v) is 2.64. The molecule has 0 aromatic carbocycles. The molecule has 0 bridgehead atoms. The Morgan fingerprint density at radius 1 is 1.39 bits per heavy atom. The zero-order valence-electron chi connectivity index (χ0n) is 13.6. The van der Waals surface area contributed by atoms with E-state index in [1.165, 1.54) is 11.9 Å². The molecule has 2 unspecified atom stereocenters. The number of hydrogen-bond donors (Lipinski definition) is 3. The Kier molecular flexibility index (Phi) is 4.20.